The molecule has 1 aliphatic heterocycles. The van der Waals surface area contributed by atoms with E-state index in [-0.39, 0.29) is 0 Å². The lowest BCUT2D eigenvalue weighted by Crippen LogP contribution is -2.18. The van der Waals surface area contributed by atoms with Gasteiger partial charge in [-0.25, -0.2) is 9.97 Å². The average molecular weight is 613 g/mol. The predicted molar refractivity (Wildman–Crippen MR) is 198 cm³/mol. The Morgan fingerprint density at radius 3 is 1.96 bits per heavy atom. The Hall–Kier alpha value is -6.52. The minimum Gasteiger partial charge on any atom is -0.309 e. The summed E-state index contributed by atoms with van der Waals surface area (Å²) in [4.78, 5) is 12.3. The third kappa shape index (κ3) is 4.03. The molecular formula is C44H28N4. The van der Waals surface area contributed by atoms with Crippen LogP contribution in [0.3, 0.4) is 0 Å². The fraction of sp³-hybridized carbons (Fsp3) is 0. The van der Waals surface area contributed by atoms with Gasteiger partial charge in [0, 0.05) is 39.2 Å². The number of aromatic nitrogens is 3. The second kappa shape index (κ2) is 10.5. The molecule has 10 rings (SSSR count). The van der Waals surface area contributed by atoms with Crippen molar-refractivity contribution in [2.24, 2.45) is 0 Å². The van der Waals surface area contributed by atoms with Crippen LogP contribution in [-0.4, -0.2) is 14.5 Å². The van der Waals surface area contributed by atoms with E-state index in [1.165, 1.54) is 43.8 Å². The van der Waals surface area contributed by atoms with Crippen LogP contribution in [0.5, 0.6) is 0 Å². The fourth-order valence-electron chi connectivity index (χ4n) is 7.42. The Morgan fingerprint density at radius 2 is 1.17 bits per heavy atom. The zero-order valence-corrected chi connectivity index (χ0v) is 26.0. The van der Waals surface area contributed by atoms with Crippen LogP contribution in [0.15, 0.2) is 170 Å². The molecule has 2 aromatic heterocycles. The third-order valence-electron chi connectivity index (χ3n) is 9.57. The second-order valence-electron chi connectivity index (χ2n) is 12.3. The van der Waals surface area contributed by atoms with Crippen molar-refractivity contribution < 1.29 is 0 Å². The Morgan fingerprint density at radius 1 is 0.458 bits per heavy atom. The van der Waals surface area contributed by atoms with Crippen molar-refractivity contribution in [1.29, 1.82) is 0 Å². The second-order valence-corrected chi connectivity index (χ2v) is 12.3. The smallest absolute Gasteiger partial charge is 0.235 e. The number of hydrogen-bond donors (Lipinski definition) is 0. The van der Waals surface area contributed by atoms with Crippen LogP contribution in [-0.2, 0) is 0 Å². The average Bonchev–Trinajstić information content (AvgIpc) is 3.48. The highest BCUT2D eigenvalue weighted by molar-refractivity contribution is 6.19. The summed E-state index contributed by atoms with van der Waals surface area (Å²) in [5.74, 6) is 0.646. The monoisotopic (exact) mass is 612 g/mol. The summed E-state index contributed by atoms with van der Waals surface area (Å²) in [5, 5.41) is 4.83. The van der Waals surface area contributed by atoms with E-state index in [1.54, 1.807) is 0 Å². The van der Waals surface area contributed by atoms with E-state index in [9.17, 15) is 0 Å². The maximum absolute atomic E-state index is 5.18. The van der Waals surface area contributed by atoms with Crippen molar-refractivity contribution in [3.63, 3.8) is 0 Å². The number of benzene rings is 7. The van der Waals surface area contributed by atoms with Crippen LogP contribution >= 0.6 is 0 Å². The first kappa shape index (κ1) is 26.7. The molecule has 4 nitrogen and oxygen atoms in total. The van der Waals surface area contributed by atoms with Crippen LogP contribution in [0.2, 0.25) is 0 Å². The highest BCUT2D eigenvalue weighted by Gasteiger charge is 2.29. The lowest BCUT2D eigenvalue weighted by molar-refractivity contribution is 1.08. The Balaban J connectivity index is 1.31. The maximum atomic E-state index is 5.18. The van der Waals surface area contributed by atoms with Gasteiger partial charge in [0.15, 0.2) is 0 Å². The number of hydrogen-bond acceptors (Lipinski definition) is 3. The topological polar surface area (TPSA) is 34.0 Å². The van der Waals surface area contributed by atoms with Gasteiger partial charge in [0.1, 0.15) is 0 Å². The maximum Gasteiger partial charge on any atom is 0.235 e. The standard InChI is InChI=1S/C44H28N4/c1-4-12-29(13-5-1)32-22-23-39-35(26-32)37-27-36-34-20-10-16-31-17-11-21-40(43(31)34)48(42(36)28-41(37)47(39)33-18-8-3-9-19-33)44-45-25-24-38(46-44)30-14-6-2-7-15-30/h1-28H. The van der Waals surface area contributed by atoms with Crippen LogP contribution in [0.1, 0.15) is 0 Å². The molecule has 4 heteroatoms. The lowest BCUT2D eigenvalue weighted by atomic mass is 9.90. The van der Waals surface area contributed by atoms with Crippen LogP contribution < -0.4 is 4.90 Å². The van der Waals surface area contributed by atoms with Crippen LogP contribution in [0, 0.1) is 0 Å². The van der Waals surface area contributed by atoms with E-state index >= 15 is 0 Å². The molecule has 0 N–H and O–H groups in total. The van der Waals surface area contributed by atoms with Crippen LogP contribution in [0.25, 0.3) is 71.8 Å². The van der Waals surface area contributed by atoms with Crippen molar-refractivity contribution in [2.75, 3.05) is 4.90 Å². The number of para-hydroxylation sites is 1. The molecule has 0 amide bonds. The van der Waals surface area contributed by atoms with E-state index in [1.807, 2.05) is 30.5 Å². The quantitative estimate of drug-likeness (QED) is 0.198. The van der Waals surface area contributed by atoms with Gasteiger partial charge < -0.3 is 4.57 Å². The van der Waals surface area contributed by atoms with E-state index in [0.29, 0.717) is 5.95 Å². The number of anilines is 3. The molecule has 0 atom stereocenters. The van der Waals surface area contributed by atoms with E-state index < -0.39 is 0 Å². The van der Waals surface area contributed by atoms with Crippen molar-refractivity contribution in [1.82, 2.24) is 14.5 Å². The largest absolute Gasteiger partial charge is 0.309 e. The summed E-state index contributed by atoms with van der Waals surface area (Å²) in [5.41, 5.74) is 12.3. The van der Waals surface area contributed by atoms with Gasteiger partial charge in [-0.2, -0.15) is 0 Å². The summed E-state index contributed by atoms with van der Waals surface area (Å²) in [7, 11) is 0. The molecule has 0 saturated carbocycles. The van der Waals surface area contributed by atoms with Gasteiger partial charge >= 0.3 is 0 Å². The Kier molecular flexibility index (Phi) is 5.84. The minimum atomic E-state index is 0.646. The summed E-state index contributed by atoms with van der Waals surface area (Å²) in [6.45, 7) is 0. The first-order valence-corrected chi connectivity index (χ1v) is 16.3. The molecule has 0 fully saturated rings. The van der Waals surface area contributed by atoms with Gasteiger partial charge in [-0.15, -0.1) is 0 Å². The summed E-state index contributed by atoms with van der Waals surface area (Å²) in [6.07, 6.45) is 1.87. The molecule has 48 heavy (non-hydrogen) atoms. The zero-order valence-electron chi connectivity index (χ0n) is 26.0. The van der Waals surface area contributed by atoms with Gasteiger partial charge in [-0.1, -0.05) is 115 Å². The molecule has 7 aromatic carbocycles. The van der Waals surface area contributed by atoms with Crippen LogP contribution in [0.4, 0.5) is 17.3 Å². The van der Waals surface area contributed by atoms with Gasteiger partial charge in [0.05, 0.1) is 28.1 Å². The summed E-state index contributed by atoms with van der Waals surface area (Å²) >= 11 is 0. The van der Waals surface area contributed by atoms with Crippen molar-refractivity contribution in [3.8, 4) is 39.2 Å². The normalized spacial score (nSPS) is 12.1. The molecule has 0 saturated heterocycles. The van der Waals surface area contributed by atoms with E-state index in [2.05, 4.69) is 149 Å². The molecule has 0 spiro atoms. The fourth-order valence-corrected chi connectivity index (χ4v) is 7.42. The van der Waals surface area contributed by atoms with E-state index in [0.717, 1.165) is 39.4 Å². The van der Waals surface area contributed by atoms with Gasteiger partial charge in [-0.05, 0) is 70.6 Å². The first-order chi connectivity index (χ1) is 23.8. The number of rotatable bonds is 4. The summed E-state index contributed by atoms with van der Waals surface area (Å²) in [6, 6.07) is 58.3. The van der Waals surface area contributed by atoms with Gasteiger partial charge in [-0.3, -0.25) is 4.90 Å². The molecule has 0 unspecified atom stereocenters. The highest BCUT2D eigenvalue weighted by Crippen LogP contribution is 2.52. The van der Waals surface area contributed by atoms with Gasteiger partial charge in [0.2, 0.25) is 5.95 Å². The molecule has 3 heterocycles. The van der Waals surface area contributed by atoms with Crippen molar-refractivity contribution in [3.05, 3.63) is 170 Å². The first-order valence-electron chi connectivity index (χ1n) is 16.3. The highest BCUT2D eigenvalue weighted by atomic mass is 15.3. The number of nitrogens with zero attached hydrogens (tertiary/aromatic N) is 4. The number of fused-ring (bicyclic) bond motifs is 5. The molecule has 9 aromatic rings. The summed E-state index contributed by atoms with van der Waals surface area (Å²) < 4.78 is 2.39. The Bertz CT molecular complexity index is 2660. The molecule has 1 aliphatic rings. The van der Waals surface area contributed by atoms with Gasteiger partial charge in [0.25, 0.3) is 0 Å². The zero-order chi connectivity index (χ0) is 31.6. The third-order valence-corrected chi connectivity index (χ3v) is 9.57. The van der Waals surface area contributed by atoms with Crippen molar-refractivity contribution in [2.45, 2.75) is 0 Å². The van der Waals surface area contributed by atoms with Crippen molar-refractivity contribution >= 4 is 49.9 Å². The minimum absolute atomic E-state index is 0.646. The molecule has 0 aliphatic carbocycles. The lowest BCUT2D eigenvalue weighted by Gasteiger charge is -2.32. The molecule has 224 valence electrons. The SMILES string of the molecule is c1ccc(-c2ccc3c(c2)c2cc4c(cc2n3-c2ccccc2)N(c2nccc(-c3ccccc3)n2)c2cccc3cccc-4c23)cc1. The molecular weight excluding hydrogens is 585 g/mol. The molecule has 0 bridgehead atoms. The Labute approximate surface area is 277 Å². The van der Waals surface area contributed by atoms with E-state index in [4.69, 9.17) is 9.97 Å². The molecule has 0 radical (unpaired) electrons. The predicted octanol–water partition coefficient (Wildman–Crippen LogP) is 11.5.